The maximum atomic E-state index is 13.7. The van der Waals surface area contributed by atoms with E-state index in [-0.39, 0.29) is 11.6 Å². The minimum Gasteiger partial charge on any atom is -0.324 e. The summed E-state index contributed by atoms with van der Waals surface area (Å²) in [5.41, 5.74) is 1.50. The van der Waals surface area contributed by atoms with E-state index in [0.717, 1.165) is 17.7 Å². The highest BCUT2D eigenvalue weighted by molar-refractivity contribution is 6.31. The number of carbonyl (C=O) groups excluding carboxylic acids is 1. The third-order valence-corrected chi connectivity index (χ3v) is 4.12. The fourth-order valence-electron chi connectivity index (χ4n) is 2.34. The molecule has 5 nitrogen and oxygen atoms in total. The van der Waals surface area contributed by atoms with E-state index in [1.165, 1.54) is 12.1 Å². The standard InChI is InChI=1S/C19H15ClF2N4O/c1-10-6-7-12(9-13(10)20)24-19-23-11(2)8-16(25-19)18(27)26-17-14(21)4-3-5-15(17)22/h3-9H,1-2H3,(H,26,27)(H,23,24,25). The van der Waals surface area contributed by atoms with Gasteiger partial charge in [-0.25, -0.2) is 18.7 Å². The van der Waals surface area contributed by atoms with Crippen LogP contribution >= 0.6 is 11.6 Å². The van der Waals surface area contributed by atoms with Crippen molar-refractivity contribution >= 4 is 34.8 Å². The Morgan fingerprint density at radius 2 is 1.74 bits per heavy atom. The molecule has 138 valence electrons. The molecule has 3 rings (SSSR count). The van der Waals surface area contributed by atoms with E-state index in [4.69, 9.17) is 11.6 Å². The molecule has 0 fully saturated rings. The van der Waals surface area contributed by atoms with Crippen molar-refractivity contribution in [2.24, 2.45) is 0 Å². The lowest BCUT2D eigenvalue weighted by molar-refractivity contribution is 0.102. The molecule has 8 heteroatoms. The van der Waals surface area contributed by atoms with Gasteiger partial charge in [0.1, 0.15) is 23.0 Å². The van der Waals surface area contributed by atoms with Crippen molar-refractivity contribution in [2.75, 3.05) is 10.6 Å². The van der Waals surface area contributed by atoms with Crippen LogP contribution < -0.4 is 10.6 Å². The number of amides is 1. The van der Waals surface area contributed by atoms with Gasteiger partial charge >= 0.3 is 0 Å². The molecule has 2 N–H and O–H groups in total. The maximum Gasteiger partial charge on any atom is 0.274 e. The van der Waals surface area contributed by atoms with Gasteiger partial charge in [0.25, 0.3) is 5.91 Å². The summed E-state index contributed by atoms with van der Waals surface area (Å²) in [6, 6.07) is 10.1. The Hall–Kier alpha value is -3.06. The Bertz CT molecular complexity index is 1010. The van der Waals surface area contributed by atoms with E-state index in [9.17, 15) is 13.6 Å². The fraction of sp³-hybridized carbons (Fsp3) is 0.105. The van der Waals surface area contributed by atoms with Crippen LogP contribution in [0.3, 0.4) is 0 Å². The minimum absolute atomic E-state index is 0.0362. The average molecular weight is 389 g/mol. The highest BCUT2D eigenvalue weighted by Crippen LogP contribution is 2.23. The second-order valence-corrected chi connectivity index (χ2v) is 6.27. The van der Waals surface area contributed by atoms with Crippen LogP contribution in [0.5, 0.6) is 0 Å². The molecule has 0 unspecified atom stereocenters. The molecule has 0 atom stereocenters. The Morgan fingerprint density at radius 1 is 1.04 bits per heavy atom. The second-order valence-electron chi connectivity index (χ2n) is 5.86. The van der Waals surface area contributed by atoms with Gasteiger partial charge in [-0.15, -0.1) is 0 Å². The summed E-state index contributed by atoms with van der Waals surface area (Å²) in [4.78, 5) is 20.7. The molecule has 0 aliphatic rings. The Balaban J connectivity index is 1.86. The third-order valence-electron chi connectivity index (χ3n) is 3.72. The molecule has 0 radical (unpaired) electrons. The normalized spacial score (nSPS) is 10.6. The van der Waals surface area contributed by atoms with E-state index < -0.39 is 23.2 Å². The Morgan fingerprint density at radius 3 is 2.41 bits per heavy atom. The lowest BCUT2D eigenvalue weighted by Gasteiger charge is -2.10. The first-order valence-electron chi connectivity index (χ1n) is 7.97. The number of nitrogens with zero attached hydrogens (tertiary/aromatic N) is 2. The van der Waals surface area contributed by atoms with E-state index in [1.54, 1.807) is 19.1 Å². The lowest BCUT2D eigenvalue weighted by Crippen LogP contribution is -2.17. The zero-order chi connectivity index (χ0) is 19.6. The predicted octanol–water partition coefficient (Wildman–Crippen LogP) is 5.02. The lowest BCUT2D eigenvalue weighted by atomic mass is 10.2. The number of anilines is 3. The van der Waals surface area contributed by atoms with Gasteiger partial charge in [-0.2, -0.15) is 0 Å². The number of aryl methyl sites for hydroxylation is 2. The number of nitrogens with one attached hydrogen (secondary N) is 2. The number of aromatic nitrogens is 2. The van der Waals surface area contributed by atoms with Crippen molar-refractivity contribution in [2.45, 2.75) is 13.8 Å². The minimum atomic E-state index is -0.873. The zero-order valence-electron chi connectivity index (χ0n) is 14.5. The van der Waals surface area contributed by atoms with Crippen molar-refractivity contribution in [3.05, 3.63) is 76.1 Å². The molecule has 3 aromatic rings. The molecule has 1 heterocycles. The molecular formula is C19H15ClF2N4O. The van der Waals surface area contributed by atoms with E-state index in [1.807, 2.05) is 13.0 Å². The van der Waals surface area contributed by atoms with Gasteiger partial charge in [0, 0.05) is 16.4 Å². The number of halogens is 3. The highest BCUT2D eigenvalue weighted by Gasteiger charge is 2.16. The predicted molar refractivity (Wildman–Crippen MR) is 101 cm³/mol. The van der Waals surface area contributed by atoms with Crippen LogP contribution in [0, 0.1) is 25.5 Å². The van der Waals surface area contributed by atoms with Gasteiger partial charge in [-0.05, 0) is 49.7 Å². The van der Waals surface area contributed by atoms with Gasteiger partial charge < -0.3 is 10.6 Å². The first-order chi connectivity index (χ1) is 12.8. The van der Waals surface area contributed by atoms with Crippen LogP contribution in [0.4, 0.5) is 26.1 Å². The van der Waals surface area contributed by atoms with Crippen LogP contribution in [0.1, 0.15) is 21.7 Å². The number of carbonyl (C=O) groups is 1. The van der Waals surface area contributed by atoms with Crippen molar-refractivity contribution in [1.29, 1.82) is 0 Å². The van der Waals surface area contributed by atoms with Gasteiger partial charge in [0.05, 0.1) is 0 Å². The molecular weight excluding hydrogens is 374 g/mol. The third kappa shape index (κ3) is 4.38. The van der Waals surface area contributed by atoms with Gasteiger partial charge in [0.2, 0.25) is 5.95 Å². The zero-order valence-corrected chi connectivity index (χ0v) is 15.2. The molecule has 0 aliphatic carbocycles. The monoisotopic (exact) mass is 388 g/mol. The molecule has 27 heavy (non-hydrogen) atoms. The first kappa shape index (κ1) is 18.7. The Labute approximate surface area is 159 Å². The summed E-state index contributed by atoms with van der Waals surface area (Å²) >= 11 is 6.10. The van der Waals surface area contributed by atoms with E-state index >= 15 is 0 Å². The number of hydrogen-bond donors (Lipinski definition) is 2. The fourth-order valence-corrected chi connectivity index (χ4v) is 2.52. The van der Waals surface area contributed by atoms with E-state index in [2.05, 4.69) is 20.6 Å². The smallest absolute Gasteiger partial charge is 0.274 e. The summed E-state index contributed by atoms with van der Waals surface area (Å²) < 4.78 is 27.5. The number of para-hydroxylation sites is 1. The molecule has 0 saturated carbocycles. The van der Waals surface area contributed by atoms with Crippen LogP contribution in [0.15, 0.2) is 42.5 Å². The highest BCUT2D eigenvalue weighted by atomic mass is 35.5. The molecule has 2 aromatic carbocycles. The van der Waals surface area contributed by atoms with Crippen molar-refractivity contribution in [1.82, 2.24) is 9.97 Å². The maximum absolute atomic E-state index is 13.7. The molecule has 0 spiro atoms. The van der Waals surface area contributed by atoms with Crippen molar-refractivity contribution in [3.63, 3.8) is 0 Å². The number of benzene rings is 2. The largest absolute Gasteiger partial charge is 0.324 e. The van der Waals surface area contributed by atoms with Gasteiger partial charge in [-0.1, -0.05) is 23.7 Å². The summed E-state index contributed by atoms with van der Waals surface area (Å²) in [6.07, 6.45) is 0. The van der Waals surface area contributed by atoms with Crippen molar-refractivity contribution < 1.29 is 13.6 Å². The molecule has 1 amide bonds. The molecule has 0 saturated heterocycles. The number of hydrogen-bond acceptors (Lipinski definition) is 4. The molecule has 0 aliphatic heterocycles. The first-order valence-corrected chi connectivity index (χ1v) is 8.35. The summed E-state index contributed by atoms with van der Waals surface area (Å²) in [7, 11) is 0. The molecule has 1 aromatic heterocycles. The summed E-state index contributed by atoms with van der Waals surface area (Å²) in [5.74, 6) is -2.34. The van der Waals surface area contributed by atoms with E-state index in [0.29, 0.717) is 16.4 Å². The van der Waals surface area contributed by atoms with Crippen LogP contribution in [0.2, 0.25) is 5.02 Å². The van der Waals surface area contributed by atoms with Gasteiger partial charge in [-0.3, -0.25) is 4.79 Å². The second kappa shape index (κ2) is 7.67. The average Bonchev–Trinajstić information content (AvgIpc) is 2.61. The van der Waals surface area contributed by atoms with Crippen molar-refractivity contribution in [3.8, 4) is 0 Å². The number of rotatable bonds is 4. The summed E-state index contributed by atoms with van der Waals surface area (Å²) in [5, 5.41) is 5.73. The Kier molecular flexibility index (Phi) is 5.32. The SMILES string of the molecule is Cc1cc(C(=O)Nc2c(F)cccc2F)nc(Nc2ccc(C)c(Cl)c2)n1. The quantitative estimate of drug-likeness (QED) is 0.658. The van der Waals surface area contributed by atoms with Crippen LogP contribution in [-0.4, -0.2) is 15.9 Å². The molecule has 0 bridgehead atoms. The van der Waals surface area contributed by atoms with Gasteiger partial charge in [0.15, 0.2) is 0 Å². The van der Waals surface area contributed by atoms with Crippen LogP contribution in [-0.2, 0) is 0 Å². The topological polar surface area (TPSA) is 66.9 Å². The summed E-state index contributed by atoms with van der Waals surface area (Å²) in [6.45, 7) is 3.55. The van der Waals surface area contributed by atoms with Crippen LogP contribution in [0.25, 0.3) is 0 Å².